The fraction of sp³-hybridized carbons (Fsp3) is 0.250. The highest BCUT2D eigenvalue weighted by atomic mass is 35.5. The second kappa shape index (κ2) is 4.74. The fourth-order valence-corrected chi connectivity index (χ4v) is 3.18. The molecule has 0 amide bonds. The van der Waals surface area contributed by atoms with E-state index in [1.165, 1.54) is 0 Å². The van der Waals surface area contributed by atoms with E-state index in [1.54, 1.807) is 24.3 Å². The molecule has 0 aliphatic carbocycles. The van der Waals surface area contributed by atoms with Crippen molar-refractivity contribution in [2.24, 2.45) is 0 Å². The Hall–Kier alpha value is -1.33. The van der Waals surface area contributed by atoms with Crippen molar-refractivity contribution in [2.45, 2.75) is 6.42 Å². The molecular weight excluding hydrogens is 276 g/mol. The molecule has 1 aliphatic rings. The van der Waals surface area contributed by atoms with E-state index in [2.05, 4.69) is 0 Å². The topological polar surface area (TPSA) is 60.4 Å². The third kappa shape index (κ3) is 2.57. The van der Waals surface area contributed by atoms with E-state index in [4.69, 9.17) is 16.3 Å². The van der Waals surface area contributed by atoms with Crippen molar-refractivity contribution in [2.75, 3.05) is 12.9 Å². The van der Waals surface area contributed by atoms with Gasteiger partial charge in [-0.1, -0.05) is 23.7 Å². The number of rotatable bonds is 2. The predicted molar refractivity (Wildman–Crippen MR) is 68.8 cm³/mol. The quantitative estimate of drug-likeness (QED) is 0.617. The third-order valence-corrected chi connectivity index (χ3v) is 4.06. The molecule has 0 bridgehead atoms. The molecule has 0 unspecified atom stereocenters. The van der Waals surface area contributed by atoms with E-state index in [1.807, 2.05) is 0 Å². The van der Waals surface area contributed by atoms with Crippen LogP contribution < -0.4 is 0 Å². The van der Waals surface area contributed by atoms with Crippen LogP contribution in [-0.2, 0) is 19.4 Å². The van der Waals surface area contributed by atoms with Crippen molar-refractivity contribution in [3.8, 4) is 0 Å². The second-order valence-corrected chi connectivity index (χ2v) is 6.36. The van der Waals surface area contributed by atoms with Gasteiger partial charge in [0.25, 0.3) is 0 Å². The number of carbonyl (C=O) groups excluding carboxylic acids is 1. The van der Waals surface area contributed by atoms with Gasteiger partial charge in [-0.2, -0.15) is 0 Å². The fourth-order valence-electron chi connectivity index (χ4n) is 1.85. The number of benzene rings is 1. The number of esters is 1. The van der Waals surface area contributed by atoms with Crippen LogP contribution >= 0.6 is 11.6 Å². The molecule has 1 fully saturated rings. The maximum absolute atomic E-state index is 11.9. The average Bonchev–Trinajstić information content (AvgIpc) is 2.66. The summed E-state index contributed by atoms with van der Waals surface area (Å²) in [7, 11) is -3.51. The summed E-state index contributed by atoms with van der Waals surface area (Å²) in [6, 6.07) is 6.33. The van der Waals surface area contributed by atoms with Crippen molar-refractivity contribution >= 4 is 32.3 Å². The average molecular weight is 287 g/mol. The molecule has 1 saturated heterocycles. The zero-order valence-corrected chi connectivity index (χ0v) is 11.2. The number of carbonyl (C=O) groups is 1. The molecule has 0 atom stereocenters. The highest BCUT2D eigenvalue weighted by molar-refractivity contribution is 8.00. The minimum absolute atomic E-state index is 0.0293. The Balaban J connectivity index is 2.65. The van der Waals surface area contributed by atoms with Gasteiger partial charge in [0.05, 0.1) is 17.1 Å². The number of halogens is 1. The Bertz CT molecular complexity index is 614. The van der Waals surface area contributed by atoms with Gasteiger partial charge in [0.15, 0.2) is 9.84 Å². The lowest BCUT2D eigenvalue weighted by Gasteiger charge is -2.08. The molecule has 0 spiro atoms. The maximum atomic E-state index is 11.9. The maximum Gasteiger partial charge on any atom is 0.335 e. The van der Waals surface area contributed by atoms with E-state index in [-0.39, 0.29) is 17.1 Å². The largest absolute Gasteiger partial charge is 0.462 e. The first kappa shape index (κ1) is 13.1. The Labute approximate surface area is 110 Å². The lowest BCUT2D eigenvalue weighted by atomic mass is 10.1. The summed E-state index contributed by atoms with van der Waals surface area (Å²) in [6.07, 6.45) is 1.39. The molecule has 1 aromatic carbocycles. The summed E-state index contributed by atoms with van der Waals surface area (Å²) in [5.74, 6) is -0.564. The summed E-state index contributed by atoms with van der Waals surface area (Å²) in [5, 5.41) is 0.505. The van der Waals surface area contributed by atoms with Crippen molar-refractivity contribution < 1.29 is 17.9 Å². The zero-order chi connectivity index (χ0) is 13.3. The minimum atomic E-state index is -3.51. The smallest absolute Gasteiger partial charge is 0.335 e. The Morgan fingerprint density at radius 1 is 1.28 bits per heavy atom. The molecule has 0 N–H and O–H groups in total. The molecule has 2 rings (SSSR count). The molecule has 4 nitrogen and oxygen atoms in total. The number of ether oxygens (including phenoxy) is 1. The number of hydrogen-bond donors (Lipinski definition) is 0. The summed E-state index contributed by atoms with van der Waals surface area (Å²) in [5.41, 5.74) is 0.663. The molecule has 1 aromatic rings. The van der Waals surface area contributed by atoms with Gasteiger partial charge in [0, 0.05) is 17.7 Å². The SMILES string of the molecule is CS(=O)(=O)/C(=C1\CCOC1=O)c1ccc(Cl)cc1. The molecule has 96 valence electrons. The predicted octanol–water partition coefficient (Wildman–Crippen LogP) is 2.04. The van der Waals surface area contributed by atoms with Crippen LogP contribution in [0.2, 0.25) is 5.02 Å². The first-order valence-electron chi connectivity index (χ1n) is 5.26. The number of sulfone groups is 1. The standard InChI is InChI=1S/C12H11ClO4S/c1-18(15,16)11(10-6-7-17-12(10)14)8-2-4-9(13)5-3-8/h2-5H,6-7H2,1H3/b11-10+. The van der Waals surface area contributed by atoms with E-state index in [9.17, 15) is 13.2 Å². The second-order valence-electron chi connectivity index (χ2n) is 3.97. The molecule has 0 saturated carbocycles. The molecule has 1 heterocycles. The van der Waals surface area contributed by atoms with Crippen molar-refractivity contribution in [1.82, 2.24) is 0 Å². The lowest BCUT2D eigenvalue weighted by molar-refractivity contribution is -0.135. The minimum Gasteiger partial charge on any atom is -0.462 e. The molecule has 18 heavy (non-hydrogen) atoms. The summed E-state index contributed by atoms with van der Waals surface area (Å²) in [6.45, 7) is 0.223. The summed E-state index contributed by atoms with van der Waals surface area (Å²) >= 11 is 5.76. The first-order chi connectivity index (χ1) is 8.39. The van der Waals surface area contributed by atoms with Gasteiger partial charge in [-0.05, 0) is 17.7 Å². The number of cyclic esters (lactones) is 1. The van der Waals surface area contributed by atoms with Crippen LogP contribution in [-0.4, -0.2) is 27.2 Å². The van der Waals surface area contributed by atoms with Crippen molar-refractivity contribution in [3.63, 3.8) is 0 Å². The van der Waals surface area contributed by atoms with Crippen LogP contribution in [0.5, 0.6) is 0 Å². The summed E-state index contributed by atoms with van der Waals surface area (Å²) in [4.78, 5) is 11.6. The van der Waals surface area contributed by atoms with Gasteiger partial charge in [0.1, 0.15) is 0 Å². The Kier molecular flexibility index (Phi) is 3.45. The van der Waals surface area contributed by atoms with Gasteiger partial charge >= 0.3 is 5.97 Å². The van der Waals surface area contributed by atoms with Crippen LogP contribution in [0, 0.1) is 0 Å². The van der Waals surface area contributed by atoms with E-state index in [0.29, 0.717) is 17.0 Å². The third-order valence-electron chi connectivity index (χ3n) is 2.58. The van der Waals surface area contributed by atoms with Crippen molar-refractivity contribution in [3.05, 3.63) is 40.4 Å². The molecule has 6 heteroatoms. The van der Waals surface area contributed by atoms with Gasteiger partial charge in [-0.15, -0.1) is 0 Å². The molecule has 0 aromatic heterocycles. The highest BCUT2D eigenvalue weighted by Crippen LogP contribution is 2.30. The van der Waals surface area contributed by atoms with Gasteiger partial charge < -0.3 is 4.74 Å². The Morgan fingerprint density at radius 3 is 2.33 bits per heavy atom. The van der Waals surface area contributed by atoms with E-state index < -0.39 is 15.8 Å². The lowest BCUT2D eigenvalue weighted by Crippen LogP contribution is -2.07. The zero-order valence-electron chi connectivity index (χ0n) is 9.64. The highest BCUT2D eigenvalue weighted by Gasteiger charge is 2.29. The van der Waals surface area contributed by atoms with Crippen LogP contribution in [0.4, 0.5) is 0 Å². The number of hydrogen-bond acceptors (Lipinski definition) is 4. The monoisotopic (exact) mass is 286 g/mol. The van der Waals surface area contributed by atoms with Crippen molar-refractivity contribution in [1.29, 1.82) is 0 Å². The van der Waals surface area contributed by atoms with Crippen LogP contribution in [0.3, 0.4) is 0 Å². The molecule has 0 radical (unpaired) electrons. The summed E-state index contributed by atoms with van der Waals surface area (Å²) < 4.78 is 28.5. The van der Waals surface area contributed by atoms with E-state index in [0.717, 1.165) is 6.26 Å². The van der Waals surface area contributed by atoms with Gasteiger partial charge in [0.2, 0.25) is 0 Å². The van der Waals surface area contributed by atoms with Crippen LogP contribution in [0.25, 0.3) is 4.91 Å². The normalized spacial score (nSPS) is 18.7. The van der Waals surface area contributed by atoms with E-state index >= 15 is 0 Å². The van der Waals surface area contributed by atoms with Crippen LogP contribution in [0.1, 0.15) is 12.0 Å². The van der Waals surface area contributed by atoms with Gasteiger partial charge in [-0.3, -0.25) is 0 Å². The first-order valence-corrected chi connectivity index (χ1v) is 7.53. The van der Waals surface area contributed by atoms with Crippen LogP contribution in [0.15, 0.2) is 29.8 Å². The molecular formula is C12H11ClO4S. The molecule has 1 aliphatic heterocycles. The Morgan fingerprint density at radius 2 is 1.89 bits per heavy atom. The van der Waals surface area contributed by atoms with Gasteiger partial charge in [-0.25, -0.2) is 13.2 Å².